The molecule has 1 saturated heterocycles. The molecule has 1 N–H and O–H groups in total. The summed E-state index contributed by atoms with van der Waals surface area (Å²) in [6, 6.07) is 10.4. The molecule has 3 aromatic rings. The minimum absolute atomic E-state index is 0.112. The van der Waals surface area contributed by atoms with Gasteiger partial charge >= 0.3 is 12.1 Å². The van der Waals surface area contributed by atoms with Crippen LogP contribution in [0.2, 0.25) is 0 Å². The van der Waals surface area contributed by atoms with Crippen molar-refractivity contribution in [2.24, 2.45) is 0 Å². The summed E-state index contributed by atoms with van der Waals surface area (Å²) in [6.45, 7) is 2.02. The van der Waals surface area contributed by atoms with Crippen molar-refractivity contribution >= 4 is 33.2 Å². The van der Waals surface area contributed by atoms with Gasteiger partial charge in [-0.25, -0.2) is 9.78 Å². The number of piperidine rings is 1. The van der Waals surface area contributed by atoms with Gasteiger partial charge in [-0.2, -0.15) is 13.2 Å². The number of benzene rings is 2. The zero-order valence-electron chi connectivity index (χ0n) is 20.5. The molecule has 0 radical (unpaired) electrons. The molecule has 11 heteroatoms. The maximum absolute atomic E-state index is 12.8. The van der Waals surface area contributed by atoms with Crippen LogP contribution in [0.25, 0.3) is 20.8 Å². The van der Waals surface area contributed by atoms with E-state index in [0.29, 0.717) is 22.4 Å². The van der Waals surface area contributed by atoms with E-state index in [1.54, 1.807) is 31.1 Å². The lowest BCUT2D eigenvalue weighted by Gasteiger charge is -2.38. The third-order valence-corrected chi connectivity index (χ3v) is 7.58. The Hall–Kier alpha value is -2.89. The van der Waals surface area contributed by atoms with Gasteiger partial charge in [0.2, 0.25) is 0 Å². The number of anilines is 1. The number of hydrogen-bond donors (Lipinski definition) is 1. The third-order valence-electron chi connectivity index (χ3n) is 6.51. The number of thiazole rings is 1. The van der Waals surface area contributed by atoms with Crippen LogP contribution >= 0.6 is 11.3 Å². The Morgan fingerprint density at radius 2 is 1.81 bits per heavy atom. The highest BCUT2D eigenvalue weighted by molar-refractivity contribution is 7.21. The number of nitrogens with one attached hydrogen (secondary N) is 1. The van der Waals surface area contributed by atoms with Crippen molar-refractivity contribution in [3.05, 3.63) is 36.4 Å². The summed E-state index contributed by atoms with van der Waals surface area (Å²) >= 11 is 1.39. The van der Waals surface area contributed by atoms with Gasteiger partial charge in [-0.1, -0.05) is 0 Å². The number of alkyl halides is 3. The van der Waals surface area contributed by atoms with Gasteiger partial charge in [0.25, 0.3) is 0 Å². The molecule has 0 amide bonds. The molecule has 0 spiro atoms. The number of rotatable bonds is 7. The molecule has 1 aliphatic carbocycles. The Bertz CT molecular complexity index is 1270. The van der Waals surface area contributed by atoms with Gasteiger partial charge in [0.15, 0.2) is 5.75 Å². The zero-order valence-corrected chi connectivity index (χ0v) is 21.3. The minimum Gasteiger partial charge on any atom is -0.490 e. The Morgan fingerprint density at radius 3 is 2.51 bits per heavy atom. The molecule has 0 bridgehead atoms. The smallest absolute Gasteiger partial charge is 0.490 e. The first kappa shape index (κ1) is 25.7. The number of aromatic nitrogens is 1. The lowest BCUT2D eigenvalue weighted by molar-refractivity contribution is -0.189. The van der Waals surface area contributed by atoms with Crippen molar-refractivity contribution in [1.82, 2.24) is 10.3 Å². The molecule has 1 saturated carbocycles. The number of carbonyl (C=O) groups is 1. The minimum atomic E-state index is -5.09. The number of hydrogen-bond acceptors (Lipinski definition) is 8. The average Bonchev–Trinajstić information content (AvgIpc) is 3.26. The molecule has 1 aliphatic heterocycles. The molecule has 2 heterocycles. The summed E-state index contributed by atoms with van der Waals surface area (Å²) < 4.78 is 56.3. The van der Waals surface area contributed by atoms with Gasteiger partial charge in [-0.15, -0.1) is 11.3 Å². The zero-order chi connectivity index (χ0) is 26.2. The predicted octanol–water partition coefficient (Wildman–Crippen LogP) is 5.18. The number of fused-ring (bicyclic) bond motifs is 1. The van der Waals surface area contributed by atoms with Gasteiger partial charge in [-0.3, -0.25) is 0 Å². The molecule has 5 rings (SSSR count). The van der Waals surface area contributed by atoms with Crippen LogP contribution in [0.5, 0.6) is 11.5 Å². The monoisotopic (exact) mass is 535 g/mol. The number of esters is 1. The van der Waals surface area contributed by atoms with E-state index in [2.05, 4.69) is 15.0 Å². The van der Waals surface area contributed by atoms with Crippen LogP contribution in [0.3, 0.4) is 0 Å². The van der Waals surface area contributed by atoms with Crippen molar-refractivity contribution in [2.45, 2.75) is 50.2 Å². The van der Waals surface area contributed by atoms with E-state index >= 15 is 0 Å². The topological polar surface area (TPSA) is 72.9 Å². The molecular weight excluding hydrogens is 507 g/mol. The summed E-state index contributed by atoms with van der Waals surface area (Å²) in [7, 11) is 3.31. The lowest BCUT2D eigenvalue weighted by Crippen LogP contribution is -2.43. The van der Waals surface area contributed by atoms with Gasteiger partial charge in [0.05, 0.1) is 28.1 Å². The SMILES string of the molecule is CN(C)c1ccc(-c2nc3ccc(OC4CC(OC5CCNCC5)C4)cc3s2)cc1OC(=O)C(F)(F)F. The highest BCUT2D eigenvalue weighted by Crippen LogP contribution is 2.38. The average molecular weight is 536 g/mol. The molecule has 2 aromatic carbocycles. The fraction of sp³-hybridized carbons (Fsp3) is 0.462. The van der Waals surface area contributed by atoms with Crippen LogP contribution in [-0.2, 0) is 9.53 Å². The maximum Gasteiger partial charge on any atom is 0.491 e. The van der Waals surface area contributed by atoms with E-state index in [0.717, 1.165) is 54.7 Å². The van der Waals surface area contributed by atoms with Gasteiger partial charge in [0.1, 0.15) is 16.9 Å². The number of halogens is 3. The second-order valence-corrected chi connectivity index (χ2v) is 10.6. The highest BCUT2D eigenvalue weighted by atomic mass is 32.1. The summed E-state index contributed by atoms with van der Waals surface area (Å²) in [6.07, 6.45) is -0.554. The summed E-state index contributed by atoms with van der Waals surface area (Å²) in [5, 5.41) is 3.94. The van der Waals surface area contributed by atoms with Crippen molar-refractivity contribution in [3.63, 3.8) is 0 Å². The van der Waals surface area contributed by atoms with Crippen LogP contribution in [0, 0.1) is 0 Å². The lowest BCUT2D eigenvalue weighted by atomic mass is 9.91. The summed E-state index contributed by atoms with van der Waals surface area (Å²) in [4.78, 5) is 17.7. The molecule has 0 atom stereocenters. The van der Waals surface area contributed by atoms with E-state index in [1.807, 2.05) is 18.2 Å². The Labute approximate surface area is 216 Å². The first-order valence-electron chi connectivity index (χ1n) is 12.2. The fourth-order valence-corrected chi connectivity index (χ4v) is 5.47. The van der Waals surface area contributed by atoms with Gasteiger partial charge in [-0.05, 0) is 62.3 Å². The molecule has 37 heavy (non-hydrogen) atoms. The number of nitrogens with zero attached hydrogens (tertiary/aromatic N) is 2. The largest absolute Gasteiger partial charge is 0.491 e. The molecular formula is C26H28F3N3O4S. The Balaban J connectivity index is 1.27. The van der Waals surface area contributed by atoms with Crippen LogP contribution in [0.4, 0.5) is 18.9 Å². The van der Waals surface area contributed by atoms with Gasteiger partial charge < -0.3 is 24.4 Å². The summed E-state index contributed by atoms with van der Waals surface area (Å²) in [5.74, 6) is -1.70. The first-order valence-corrected chi connectivity index (χ1v) is 13.0. The van der Waals surface area contributed by atoms with Crippen molar-refractivity contribution in [3.8, 4) is 22.1 Å². The van der Waals surface area contributed by atoms with Crippen LogP contribution in [-0.4, -0.2) is 62.6 Å². The fourth-order valence-electron chi connectivity index (χ4n) is 4.48. The second-order valence-electron chi connectivity index (χ2n) is 9.53. The number of ether oxygens (including phenoxy) is 3. The second kappa shape index (κ2) is 10.5. The Kier molecular flexibility index (Phi) is 7.28. The molecule has 198 valence electrons. The van der Waals surface area contributed by atoms with Crippen molar-refractivity contribution in [2.75, 3.05) is 32.1 Å². The van der Waals surface area contributed by atoms with E-state index in [1.165, 1.54) is 17.4 Å². The molecule has 2 aliphatic rings. The van der Waals surface area contributed by atoms with E-state index in [4.69, 9.17) is 9.47 Å². The third kappa shape index (κ3) is 6.00. The van der Waals surface area contributed by atoms with Crippen LogP contribution < -0.4 is 19.7 Å². The molecule has 1 aromatic heterocycles. The molecule has 0 unspecified atom stereocenters. The predicted molar refractivity (Wildman–Crippen MR) is 135 cm³/mol. The first-order chi connectivity index (χ1) is 17.7. The van der Waals surface area contributed by atoms with E-state index in [9.17, 15) is 18.0 Å². The molecule has 7 nitrogen and oxygen atoms in total. The van der Waals surface area contributed by atoms with Crippen LogP contribution in [0.1, 0.15) is 25.7 Å². The van der Waals surface area contributed by atoms with Gasteiger partial charge in [0, 0.05) is 32.5 Å². The normalized spacial score (nSPS) is 20.5. The van der Waals surface area contributed by atoms with Crippen molar-refractivity contribution < 1.29 is 32.2 Å². The molecule has 2 fully saturated rings. The van der Waals surface area contributed by atoms with Crippen molar-refractivity contribution in [1.29, 1.82) is 0 Å². The highest BCUT2D eigenvalue weighted by Gasteiger charge is 2.42. The number of carbonyl (C=O) groups excluding carboxylic acids is 1. The summed E-state index contributed by atoms with van der Waals surface area (Å²) in [5.41, 5.74) is 1.65. The van der Waals surface area contributed by atoms with E-state index in [-0.39, 0.29) is 18.0 Å². The maximum atomic E-state index is 12.8. The standard InChI is InChI=1S/C26H28F3N3O4S/c1-32(2)21-6-3-15(11-22(21)36-25(33)26(27,28)29)24-31-20-5-4-17(14-23(20)37-24)35-19-12-18(13-19)34-16-7-9-30-10-8-16/h3-6,11,14,16,18-19,30H,7-10,12-13H2,1-2H3. The Morgan fingerprint density at radius 1 is 1.05 bits per heavy atom. The van der Waals surface area contributed by atoms with Crippen LogP contribution in [0.15, 0.2) is 36.4 Å². The van der Waals surface area contributed by atoms with E-state index < -0.39 is 12.1 Å². The quantitative estimate of drug-likeness (QED) is 0.330.